The SMILES string of the molecule is Brc1ccc(Br)c(CCCCCCOCCCCCCc2cc(Br)ccc2Br)c1. The lowest BCUT2D eigenvalue weighted by molar-refractivity contribution is 0.125. The van der Waals surface area contributed by atoms with Crippen molar-refractivity contribution in [2.24, 2.45) is 0 Å². The highest BCUT2D eigenvalue weighted by Crippen LogP contribution is 2.24. The third-order valence-corrected chi connectivity index (χ3v) is 7.52. The van der Waals surface area contributed by atoms with Crippen LogP contribution in [0.25, 0.3) is 0 Å². The third-order valence-electron chi connectivity index (χ3n) is 4.99. The van der Waals surface area contributed by atoms with Crippen molar-refractivity contribution in [2.45, 2.75) is 64.2 Å². The smallest absolute Gasteiger partial charge is 0.0466 e. The number of halogens is 4. The van der Waals surface area contributed by atoms with Crippen molar-refractivity contribution in [1.82, 2.24) is 0 Å². The average molecular weight is 654 g/mol. The topological polar surface area (TPSA) is 9.23 Å². The summed E-state index contributed by atoms with van der Waals surface area (Å²) in [6, 6.07) is 12.8. The number of hydrogen-bond acceptors (Lipinski definition) is 1. The molecule has 0 atom stereocenters. The predicted octanol–water partition coefficient (Wildman–Crippen LogP) is 9.66. The first-order chi connectivity index (χ1) is 14.1. The van der Waals surface area contributed by atoms with Gasteiger partial charge in [-0.2, -0.15) is 0 Å². The van der Waals surface area contributed by atoms with E-state index < -0.39 is 0 Å². The molecule has 1 nitrogen and oxygen atoms in total. The van der Waals surface area contributed by atoms with E-state index >= 15 is 0 Å². The summed E-state index contributed by atoms with van der Waals surface area (Å²) >= 11 is 14.4. The zero-order valence-electron chi connectivity index (χ0n) is 16.9. The van der Waals surface area contributed by atoms with Crippen LogP contribution in [0.2, 0.25) is 0 Å². The van der Waals surface area contributed by atoms with Gasteiger partial charge in [-0.25, -0.2) is 0 Å². The van der Waals surface area contributed by atoms with Crippen molar-refractivity contribution in [3.63, 3.8) is 0 Å². The van der Waals surface area contributed by atoms with Crippen molar-refractivity contribution >= 4 is 63.7 Å². The maximum atomic E-state index is 5.81. The van der Waals surface area contributed by atoms with Gasteiger partial charge in [0, 0.05) is 31.1 Å². The van der Waals surface area contributed by atoms with Gasteiger partial charge in [0.2, 0.25) is 0 Å². The normalized spacial score (nSPS) is 11.2. The lowest BCUT2D eigenvalue weighted by atomic mass is 10.1. The van der Waals surface area contributed by atoms with Crippen LogP contribution < -0.4 is 0 Å². The van der Waals surface area contributed by atoms with Crippen LogP contribution in [0, 0.1) is 0 Å². The number of hydrogen-bond donors (Lipinski definition) is 0. The Morgan fingerprint density at radius 3 is 1.38 bits per heavy atom. The molecular formula is C24H30Br4O. The van der Waals surface area contributed by atoms with Crippen molar-refractivity contribution in [3.05, 3.63) is 65.4 Å². The van der Waals surface area contributed by atoms with Crippen molar-refractivity contribution in [1.29, 1.82) is 0 Å². The summed E-state index contributed by atoms with van der Waals surface area (Å²) in [5.74, 6) is 0. The zero-order chi connectivity index (χ0) is 20.9. The molecule has 0 bridgehead atoms. The molecule has 0 aliphatic rings. The first-order valence-corrected chi connectivity index (χ1v) is 13.7. The molecule has 0 saturated heterocycles. The van der Waals surface area contributed by atoms with Gasteiger partial charge in [-0.05, 0) is 86.1 Å². The molecule has 0 saturated carbocycles. The van der Waals surface area contributed by atoms with E-state index in [-0.39, 0.29) is 0 Å². The molecule has 29 heavy (non-hydrogen) atoms. The molecule has 0 aromatic heterocycles. The fourth-order valence-corrected chi connectivity index (χ4v) is 5.02. The van der Waals surface area contributed by atoms with Gasteiger partial charge in [-0.1, -0.05) is 89.4 Å². The summed E-state index contributed by atoms with van der Waals surface area (Å²) in [6.07, 6.45) is 12.2. The van der Waals surface area contributed by atoms with Gasteiger partial charge in [0.25, 0.3) is 0 Å². The fraction of sp³-hybridized carbons (Fsp3) is 0.500. The first-order valence-electron chi connectivity index (χ1n) is 10.5. The lowest BCUT2D eigenvalue weighted by Gasteiger charge is -2.07. The zero-order valence-corrected chi connectivity index (χ0v) is 23.2. The minimum atomic E-state index is 0.908. The van der Waals surface area contributed by atoms with Gasteiger partial charge in [0.15, 0.2) is 0 Å². The maximum Gasteiger partial charge on any atom is 0.0466 e. The molecular weight excluding hydrogens is 624 g/mol. The van der Waals surface area contributed by atoms with Crippen LogP contribution in [-0.2, 0) is 17.6 Å². The summed E-state index contributed by atoms with van der Waals surface area (Å²) in [4.78, 5) is 0. The van der Waals surface area contributed by atoms with Gasteiger partial charge < -0.3 is 4.74 Å². The molecule has 2 aromatic carbocycles. The molecule has 160 valence electrons. The molecule has 0 radical (unpaired) electrons. The second-order valence-corrected chi connectivity index (χ2v) is 11.0. The highest BCUT2D eigenvalue weighted by molar-refractivity contribution is 9.11. The van der Waals surface area contributed by atoms with Gasteiger partial charge in [-0.15, -0.1) is 0 Å². The molecule has 0 amide bonds. The standard InChI is InChI=1S/C24H30Br4O/c25-21-11-13-23(27)19(17-21)9-5-1-3-7-15-29-16-8-4-2-6-10-20-18-22(26)12-14-24(20)28/h11-14,17-18H,1-10,15-16H2. The minimum Gasteiger partial charge on any atom is -0.381 e. The van der Waals surface area contributed by atoms with Crippen LogP contribution in [0.4, 0.5) is 0 Å². The van der Waals surface area contributed by atoms with E-state index in [2.05, 4.69) is 100 Å². The summed E-state index contributed by atoms with van der Waals surface area (Å²) in [7, 11) is 0. The van der Waals surface area contributed by atoms with E-state index in [1.165, 1.54) is 71.4 Å². The van der Waals surface area contributed by atoms with E-state index in [0.29, 0.717) is 0 Å². The number of ether oxygens (including phenoxy) is 1. The van der Waals surface area contributed by atoms with E-state index in [1.807, 2.05) is 0 Å². The van der Waals surface area contributed by atoms with Crippen molar-refractivity contribution in [3.8, 4) is 0 Å². The van der Waals surface area contributed by atoms with Crippen LogP contribution in [0.15, 0.2) is 54.3 Å². The molecule has 2 aromatic rings. The third kappa shape index (κ3) is 11.0. The van der Waals surface area contributed by atoms with Crippen LogP contribution in [0.1, 0.15) is 62.5 Å². The number of benzene rings is 2. The Bertz CT molecular complexity index is 671. The van der Waals surface area contributed by atoms with Crippen LogP contribution in [0.5, 0.6) is 0 Å². The molecule has 0 N–H and O–H groups in total. The summed E-state index contributed by atoms with van der Waals surface area (Å²) < 4.78 is 10.6. The fourth-order valence-electron chi connectivity index (χ4n) is 3.32. The van der Waals surface area contributed by atoms with E-state index in [9.17, 15) is 0 Å². The molecule has 0 fully saturated rings. The highest BCUT2D eigenvalue weighted by Gasteiger charge is 2.02. The molecule has 5 heteroatoms. The van der Waals surface area contributed by atoms with E-state index in [1.54, 1.807) is 0 Å². The van der Waals surface area contributed by atoms with Crippen LogP contribution >= 0.6 is 63.7 Å². The monoisotopic (exact) mass is 650 g/mol. The minimum absolute atomic E-state index is 0.908. The Kier molecular flexibility index (Phi) is 13.4. The van der Waals surface area contributed by atoms with Crippen LogP contribution in [0.3, 0.4) is 0 Å². The van der Waals surface area contributed by atoms with Crippen molar-refractivity contribution in [2.75, 3.05) is 13.2 Å². The Balaban J connectivity index is 1.39. The maximum absolute atomic E-state index is 5.81. The molecule has 0 spiro atoms. The molecule has 2 rings (SSSR count). The summed E-state index contributed by atoms with van der Waals surface area (Å²) in [6.45, 7) is 1.82. The van der Waals surface area contributed by atoms with Gasteiger partial charge in [0.05, 0.1) is 0 Å². The first kappa shape index (κ1) is 25.6. The molecule has 0 aliphatic heterocycles. The quantitative estimate of drug-likeness (QED) is 0.185. The molecule has 0 unspecified atom stereocenters. The predicted molar refractivity (Wildman–Crippen MR) is 139 cm³/mol. The van der Waals surface area contributed by atoms with E-state index in [4.69, 9.17) is 4.74 Å². The van der Waals surface area contributed by atoms with Crippen LogP contribution in [-0.4, -0.2) is 13.2 Å². The van der Waals surface area contributed by atoms with Gasteiger partial charge >= 0.3 is 0 Å². The number of rotatable bonds is 14. The Morgan fingerprint density at radius 1 is 0.517 bits per heavy atom. The lowest BCUT2D eigenvalue weighted by Crippen LogP contribution is -1.98. The Hall–Kier alpha value is 0.320. The summed E-state index contributed by atoms with van der Waals surface area (Å²) in [5.41, 5.74) is 2.78. The Morgan fingerprint density at radius 2 is 0.931 bits per heavy atom. The summed E-state index contributed by atoms with van der Waals surface area (Å²) in [5, 5.41) is 0. The van der Waals surface area contributed by atoms with Crippen molar-refractivity contribution < 1.29 is 4.74 Å². The largest absolute Gasteiger partial charge is 0.381 e. The highest BCUT2D eigenvalue weighted by atomic mass is 79.9. The number of unbranched alkanes of at least 4 members (excludes halogenated alkanes) is 6. The van der Waals surface area contributed by atoms with E-state index in [0.717, 1.165) is 35.0 Å². The second kappa shape index (κ2) is 15.2. The molecule has 0 heterocycles. The average Bonchev–Trinajstić information content (AvgIpc) is 2.70. The molecule has 0 aliphatic carbocycles. The Labute approximate surface area is 209 Å². The van der Waals surface area contributed by atoms with Gasteiger partial charge in [0.1, 0.15) is 0 Å². The second-order valence-electron chi connectivity index (χ2n) is 7.41. The number of aryl methyl sites for hydroxylation is 2. The van der Waals surface area contributed by atoms with Gasteiger partial charge in [-0.3, -0.25) is 0 Å².